The SMILES string of the molecule is Cn1cc(CCN=C(N)NC2CC2)c2ccc(Cl)cc21. The molecular weight excluding hydrogens is 272 g/mol. The van der Waals surface area contributed by atoms with Crippen molar-refractivity contribution in [3.05, 3.63) is 35.0 Å². The Hall–Kier alpha value is -1.68. The van der Waals surface area contributed by atoms with Crippen LogP contribution in [0.2, 0.25) is 5.02 Å². The predicted octanol–water partition coefficient (Wildman–Crippen LogP) is 2.44. The summed E-state index contributed by atoms with van der Waals surface area (Å²) in [6.45, 7) is 0.702. The molecule has 3 rings (SSSR count). The van der Waals surface area contributed by atoms with Crippen molar-refractivity contribution in [3.63, 3.8) is 0 Å². The number of aryl methyl sites for hydroxylation is 1. The number of nitrogens with zero attached hydrogens (tertiary/aromatic N) is 2. The molecule has 1 aromatic carbocycles. The van der Waals surface area contributed by atoms with Gasteiger partial charge in [-0.3, -0.25) is 4.99 Å². The number of nitrogens with one attached hydrogen (secondary N) is 1. The lowest BCUT2D eigenvalue weighted by molar-refractivity contribution is 0.868. The molecule has 20 heavy (non-hydrogen) atoms. The Labute approximate surface area is 123 Å². The molecule has 0 saturated heterocycles. The van der Waals surface area contributed by atoms with E-state index in [1.807, 2.05) is 19.2 Å². The van der Waals surface area contributed by atoms with Gasteiger partial charge in [-0.1, -0.05) is 17.7 Å². The summed E-state index contributed by atoms with van der Waals surface area (Å²) >= 11 is 6.04. The molecular formula is C15H19ClN4. The third kappa shape index (κ3) is 2.90. The van der Waals surface area contributed by atoms with Gasteiger partial charge in [0, 0.05) is 41.8 Å². The standard InChI is InChI=1S/C15H19ClN4/c1-20-9-10(13-5-2-11(16)8-14(13)20)6-7-18-15(17)19-12-3-4-12/h2,5,8-9,12H,3-4,6-7H2,1H3,(H3,17,18,19). The van der Waals surface area contributed by atoms with Gasteiger partial charge in [0.2, 0.25) is 0 Å². The molecule has 0 amide bonds. The first kappa shape index (κ1) is 13.3. The van der Waals surface area contributed by atoms with Gasteiger partial charge in [0.15, 0.2) is 5.96 Å². The van der Waals surface area contributed by atoms with Crippen LogP contribution in [-0.2, 0) is 13.5 Å². The molecule has 5 heteroatoms. The van der Waals surface area contributed by atoms with E-state index in [-0.39, 0.29) is 0 Å². The first-order valence-electron chi connectivity index (χ1n) is 6.93. The summed E-state index contributed by atoms with van der Waals surface area (Å²) in [5.74, 6) is 0.566. The van der Waals surface area contributed by atoms with Crippen molar-refractivity contribution in [2.75, 3.05) is 6.54 Å². The molecule has 0 bridgehead atoms. The van der Waals surface area contributed by atoms with Gasteiger partial charge < -0.3 is 15.6 Å². The molecule has 0 spiro atoms. The van der Waals surface area contributed by atoms with Crippen LogP contribution in [-0.4, -0.2) is 23.1 Å². The third-order valence-corrected chi connectivity index (χ3v) is 3.86. The molecule has 1 heterocycles. The summed E-state index contributed by atoms with van der Waals surface area (Å²) in [5.41, 5.74) is 8.27. The normalized spacial score (nSPS) is 15.8. The number of nitrogens with two attached hydrogens (primary N) is 1. The van der Waals surface area contributed by atoms with E-state index in [0.29, 0.717) is 18.5 Å². The quantitative estimate of drug-likeness (QED) is 0.671. The van der Waals surface area contributed by atoms with Gasteiger partial charge in [-0.25, -0.2) is 0 Å². The molecule has 0 aliphatic heterocycles. The molecule has 1 saturated carbocycles. The van der Waals surface area contributed by atoms with Crippen LogP contribution in [0, 0.1) is 0 Å². The number of fused-ring (bicyclic) bond motifs is 1. The van der Waals surface area contributed by atoms with Crippen LogP contribution in [0.1, 0.15) is 18.4 Å². The van der Waals surface area contributed by atoms with Crippen molar-refractivity contribution < 1.29 is 0 Å². The number of rotatable bonds is 4. The van der Waals surface area contributed by atoms with E-state index >= 15 is 0 Å². The second-order valence-corrected chi connectivity index (χ2v) is 5.80. The molecule has 1 aliphatic carbocycles. The summed E-state index contributed by atoms with van der Waals surface area (Å²) in [6, 6.07) is 6.55. The van der Waals surface area contributed by atoms with E-state index in [0.717, 1.165) is 17.0 Å². The maximum atomic E-state index is 6.04. The Morgan fingerprint density at radius 1 is 1.50 bits per heavy atom. The number of guanidine groups is 1. The van der Waals surface area contributed by atoms with Crippen LogP contribution >= 0.6 is 11.6 Å². The largest absolute Gasteiger partial charge is 0.370 e. The molecule has 106 valence electrons. The van der Waals surface area contributed by atoms with E-state index in [2.05, 4.69) is 27.1 Å². The average molecular weight is 291 g/mol. The van der Waals surface area contributed by atoms with Gasteiger partial charge in [-0.2, -0.15) is 0 Å². The molecule has 1 aliphatic rings. The monoisotopic (exact) mass is 290 g/mol. The Bertz CT molecular complexity index is 655. The highest BCUT2D eigenvalue weighted by Crippen LogP contribution is 2.24. The molecule has 1 fully saturated rings. The fraction of sp³-hybridized carbons (Fsp3) is 0.400. The number of aromatic nitrogens is 1. The number of hydrogen-bond donors (Lipinski definition) is 2. The van der Waals surface area contributed by atoms with Crippen molar-refractivity contribution in [2.24, 2.45) is 17.8 Å². The second kappa shape index (κ2) is 5.37. The smallest absolute Gasteiger partial charge is 0.188 e. The van der Waals surface area contributed by atoms with Crippen molar-refractivity contribution in [2.45, 2.75) is 25.3 Å². The van der Waals surface area contributed by atoms with Crippen LogP contribution in [0.3, 0.4) is 0 Å². The zero-order valence-electron chi connectivity index (χ0n) is 11.6. The average Bonchev–Trinajstić information content (AvgIpc) is 3.16. The molecule has 3 N–H and O–H groups in total. The Balaban J connectivity index is 1.71. The highest BCUT2D eigenvalue weighted by atomic mass is 35.5. The van der Waals surface area contributed by atoms with E-state index in [9.17, 15) is 0 Å². The van der Waals surface area contributed by atoms with Gasteiger partial charge in [0.1, 0.15) is 0 Å². The van der Waals surface area contributed by atoms with E-state index in [4.69, 9.17) is 17.3 Å². The minimum atomic E-state index is 0.554. The Kier molecular flexibility index (Phi) is 3.57. The highest BCUT2D eigenvalue weighted by Gasteiger charge is 2.21. The van der Waals surface area contributed by atoms with Crippen LogP contribution in [0.4, 0.5) is 0 Å². The van der Waals surface area contributed by atoms with Crippen molar-refractivity contribution in [3.8, 4) is 0 Å². The molecule has 0 unspecified atom stereocenters. The van der Waals surface area contributed by atoms with E-state index in [1.54, 1.807) is 0 Å². The van der Waals surface area contributed by atoms with Crippen LogP contribution in [0.5, 0.6) is 0 Å². The van der Waals surface area contributed by atoms with Crippen molar-refractivity contribution in [1.82, 2.24) is 9.88 Å². The van der Waals surface area contributed by atoms with Crippen LogP contribution in [0.15, 0.2) is 29.4 Å². The predicted molar refractivity (Wildman–Crippen MR) is 84.3 cm³/mol. The second-order valence-electron chi connectivity index (χ2n) is 5.36. The minimum absolute atomic E-state index is 0.554. The van der Waals surface area contributed by atoms with Crippen LogP contribution in [0.25, 0.3) is 10.9 Å². The highest BCUT2D eigenvalue weighted by molar-refractivity contribution is 6.31. The molecule has 4 nitrogen and oxygen atoms in total. The van der Waals surface area contributed by atoms with Gasteiger partial charge in [-0.05, 0) is 37.0 Å². The topological polar surface area (TPSA) is 55.3 Å². The lowest BCUT2D eigenvalue weighted by Gasteiger charge is -2.02. The lowest BCUT2D eigenvalue weighted by atomic mass is 10.1. The van der Waals surface area contributed by atoms with Gasteiger partial charge in [0.25, 0.3) is 0 Å². The summed E-state index contributed by atoms with van der Waals surface area (Å²) in [4.78, 5) is 4.38. The number of hydrogen-bond acceptors (Lipinski definition) is 1. The fourth-order valence-electron chi connectivity index (χ4n) is 2.42. The minimum Gasteiger partial charge on any atom is -0.370 e. The van der Waals surface area contributed by atoms with Crippen molar-refractivity contribution >= 4 is 28.5 Å². The van der Waals surface area contributed by atoms with Gasteiger partial charge >= 0.3 is 0 Å². The molecule has 0 atom stereocenters. The maximum Gasteiger partial charge on any atom is 0.188 e. The third-order valence-electron chi connectivity index (χ3n) is 3.63. The summed E-state index contributed by atoms with van der Waals surface area (Å²) in [5, 5.41) is 5.20. The summed E-state index contributed by atoms with van der Waals surface area (Å²) in [7, 11) is 2.04. The first-order chi connectivity index (χ1) is 9.63. The Morgan fingerprint density at radius 2 is 2.30 bits per heavy atom. The first-order valence-corrected chi connectivity index (χ1v) is 7.31. The summed E-state index contributed by atoms with van der Waals surface area (Å²) in [6.07, 6.45) is 5.44. The summed E-state index contributed by atoms with van der Waals surface area (Å²) < 4.78 is 2.10. The van der Waals surface area contributed by atoms with Gasteiger partial charge in [-0.15, -0.1) is 0 Å². The van der Waals surface area contributed by atoms with E-state index < -0.39 is 0 Å². The lowest BCUT2D eigenvalue weighted by Crippen LogP contribution is -2.33. The van der Waals surface area contributed by atoms with Crippen molar-refractivity contribution in [1.29, 1.82) is 0 Å². The number of halogens is 1. The maximum absolute atomic E-state index is 6.04. The van der Waals surface area contributed by atoms with Crippen LogP contribution < -0.4 is 11.1 Å². The van der Waals surface area contributed by atoms with E-state index in [1.165, 1.54) is 23.8 Å². The number of benzene rings is 1. The fourth-order valence-corrected chi connectivity index (χ4v) is 2.59. The molecule has 2 aromatic rings. The van der Waals surface area contributed by atoms with Gasteiger partial charge in [0.05, 0.1) is 0 Å². The molecule has 1 aromatic heterocycles. The zero-order valence-corrected chi connectivity index (χ0v) is 12.3. The zero-order chi connectivity index (χ0) is 14.1. The Morgan fingerprint density at radius 3 is 3.05 bits per heavy atom. The number of aliphatic imine (C=N–C) groups is 1. The molecule has 0 radical (unpaired) electrons.